The first-order valence-corrected chi connectivity index (χ1v) is 5.86. The fraction of sp³-hybridized carbons (Fsp3) is 0.462. The lowest BCUT2D eigenvalue weighted by molar-refractivity contribution is 0.590. The number of rotatable bonds is 3. The molecule has 3 nitrogen and oxygen atoms in total. The minimum atomic E-state index is 0.624. The SMILES string of the molecule is CCn1c(CC(C)C)nc2cc(N)ccc21. The Morgan fingerprint density at radius 1 is 1.38 bits per heavy atom. The lowest BCUT2D eigenvalue weighted by atomic mass is 10.1. The molecule has 0 aliphatic heterocycles. The monoisotopic (exact) mass is 217 g/mol. The van der Waals surface area contributed by atoms with E-state index in [-0.39, 0.29) is 0 Å². The Labute approximate surface area is 96.3 Å². The number of hydrogen-bond acceptors (Lipinski definition) is 2. The number of aromatic nitrogens is 2. The van der Waals surface area contributed by atoms with Crippen LogP contribution >= 0.6 is 0 Å². The van der Waals surface area contributed by atoms with Crippen molar-refractivity contribution in [3.8, 4) is 0 Å². The van der Waals surface area contributed by atoms with Crippen molar-refractivity contribution in [2.75, 3.05) is 5.73 Å². The third-order valence-electron chi connectivity index (χ3n) is 2.76. The van der Waals surface area contributed by atoms with Crippen molar-refractivity contribution >= 4 is 16.7 Å². The lowest BCUT2D eigenvalue weighted by Crippen LogP contribution is -2.05. The maximum atomic E-state index is 5.78. The van der Waals surface area contributed by atoms with Crippen LogP contribution in [0.3, 0.4) is 0 Å². The maximum Gasteiger partial charge on any atom is 0.110 e. The van der Waals surface area contributed by atoms with Crippen molar-refractivity contribution in [1.82, 2.24) is 9.55 Å². The molecule has 0 fully saturated rings. The average molecular weight is 217 g/mol. The molecule has 86 valence electrons. The Hall–Kier alpha value is -1.51. The van der Waals surface area contributed by atoms with Gasteiger partial charge in [-0.2, -0.15) is 0 Å². The fourth-order valence-corrected chi connectivity index (χ4v) is 2.07. The summed E-state index contributed by atoms with van der Waals surface area (Å²) in [6.45, 7) is 7.55. The summed E-state index contributed by atoms with van der Waals surface area (Å²) in [6, 6.07) is 5.95. The van der Waals surface area contributed by atoms with Crippen LogP contribution in [0.2, 0.25) is 0 Å². The molecule has 0 bridgehead atoms. The zero-order valence-corrected chi connectivity index (χ0v) is 10.2. The van der Waals surface area contributed by atoms with Crippen LogP contribution in [0.4, 0.5) is 5.69 Å². The van der Waals surface area contributed by atoms with Gasteiger partial charge in [-0.1, -0.05) is 13.8 Å². The van der Waals surface area contributed by atoms with Gasteiger partial charge in [-0.3, -0.25) is 0 Å². The summed E-state index contributed by atoms with van der Waals surface area (Å²) in [5.74, 6) is 1.79. The highest BCUT2D eigenvalue weighted by Gasteiger charge is 2.10. The van der Waals surface area contributed by atoms with Gasteiger partial charge in [0, 0.05) is 18.7 Å². The number of fused-ring (bicyclic) bond motifs is 1. The van der Waals surface area contributed by atoms with E-state index in [1.54, 1.807) is 0 Å². The van der Waals surface area contributed by atoms with E-state index in [9.17, 15) is 0 Å². The summed E-state index contributed by atoms with van der Waals surface area (Å²) in [5, 5.41) is 0. The van der Waals surface area contributed by atoms with E-state index in [2.05, 4.69) is 36.4 Å². The Kier molecular flexibility index (Phi) is 2.86. The molecule has 0 saturated carbocycles. The van der Waals surface area contributed by atoms with Crippen LogP contribution < -0.4 is 5.73 Å². The number of imidazole rings is 1. The highest BCUT2D eigenvalue weighted by molar-refractivity contribution is 5.79. The molecule has 0 saturated heterocycles. The molecule has 1 heterocycles. The number of nitrogen functional groups attached to an aromatic ring is 1. The minimum Gasteiger partial charge on any atom is -0.399 e. The van der Waals surface area contributed by atoms with E-state index >= 15 is 0 Å². The van der Waals surface area contributed by atoms with Crippen molar-refractivity contribution < 1.29 is 0 Å². The van der Waals surface area contributed by atoms with Crippen LogP contribution in [0, 0.1) is 5.92 Å². The second kappa shape index (κ2) is 4.16. The average Bonchev–Trinajstić information content (AvgIpc) is 2.52. The van der Waals surface area contributed by atoms with Crippen LogP contribution in [0.5, 0.6) is 0 Å². The van der Waals surface area contributed by atoms with Gasteiger partial charge in [0.25, 0.3) is 0 Å². The summed E-state index contributed by atoms with van der Waals surface area (Å²) < 4.78 is 2.27. The molecule has 1 aromatic carbocycles. The van der Waals surface area contributed by atoms with Crippen LogP contribution in [-0.4, -0.2) is 9.55 Å². The predicted molar refractivity (Wildman–Crippen MR) is 68.4 cm³/mol. The molecule has 0 unspecified atom stereocenters. The molecule has 2 rings (SSSR count). The first-order chi connectivity index (χ1) is 7.61. The lowest BCUT2D eigenvalue weighted by Gasteiger charge is -2.07. The van der Waals surface area contributed by atoms with E-state index in [0.29, 0.717) is 5.92 Å². The van der Waals surface area contributed by atoms with Crippen LogP contribution in [-0.2, 0) is 13.0 Å². The standard InChI is InChI=1S/C13H19N3/c1-4-16-12-6-5-10(14)8-11(12)15-13(16)7-9(2)3/h5-6,8-9H,4,7,14H2,1-3H3. The second-order valence-electron chi connectivity index (χ2n) is 4.62. The van der Waals surface area contributed by atoms with Crippen LogP contribution in [0.1, 0.15) is 26.6 Å². The Balaban J connectivity index is 2.56. The molecule has 0 aliphatic rings. The molecular weight excluding hydrogens is 198 g/mol. The molecule has 0 amide bonds. The van der Waals surface area contributed by atoms with Crippen molar-refractivity contribution in [2.45, 2.75) is 33.7 Å². The second-order valence-corrected chi connectivity index (χ2v) is 4.62. The first kappa shape index (κ1) is 11.0. The number of aryl methyl sites for hydroxylation is 1. The molecule has 2 aromatic rings. The summed E-state index contributed by atoms with van der Waals surface area (Å²) in [6.07, 6.45) is 1.02. The smallest absolute Gasteiger partial charge is 0.110 e. The molecular formula is C13H19N3. The summed E-state index contributed by atoms with van der Waals surface area (Å²) >= 11 is 0. The van der Waals surface area contributed by atoms with Crippen molar-refractivity contribution in [3.63, 3.8) is 0 Å². The highest BCUT2D eigenvalue weighted by atomic mass is 15.1. The molecule has 16 heavy (non-hydrogen) atoms. The summed E-state index contributed by atoms with van der Waals surface area (Å²) in [7, 11) is 0. The van der Waals surface area contributed by atoms with Gasteiger partial charge < -0.3 is 10.3 Å². The van der Waals surface area contributed by atoms with Gasteiger partial charge in [-0.05, 0) is 31.0 Å². The van der Waals surface area contributed by atoms with Gasteiger partial charge in [0.1, 0.15) is 5.82 Å². The molecule has 0 spiro atoms. The Bertz CT molecular complexity index is 497. The number of nitrogens with zero attached hydrogens (tertiary/aromatic N) is 2. The normalized spacial score (nSPS) is 11.5. The van der Waals surface area contributed by atoms with Crippen LogP contribution in [0.15, 0.2) is 18.2 Å². The van der Waals surface area contributed by atoms with Crippen LogP contribution in [0.25, 0.3) is 11.0 Å². The van der Waals surface area contributed by atoms with E-state index in [1.807, 2.05) is 12.1 Å². The van der Waals surface area contributed by atoms with E-state index < -0.39 is 0 Å². The van der Waals surface area contributed by atoms with Crippen molar-refractivity contribution in [2.24, 2.45) is 5.92 Å². The summed E-state index contributed by atoms with van der Waals surface area (Å²) in [5.41, 5.74) is 8.76. The Morgan fingerprint density at radius 2 is 2.12 bits per heavy atom. The van der Waals surface area contributed by atoms with Crippen molar-refractivity contribution in [1.29, 1.82) is 0 Å². The predicted octanol–water partition coefficient (Wildman–Crippen LogP) is 2.84. The summed E-state index contributed by atoms with van der Waals surface area (Å²) in [4.78, 5) is 4.67. The van der Waals surface area contributed by atoms with E-state index in [0.717, 1.165) is 30.0 Å². The van der Waals surface area contributed by atoms with Crippen molar-refractivity contribution in [3.05, 3.63) is 24.0 Å². The molecule has 3 heteroatoms. The topological polar surface area (TPSA) is 43.8 Å². The minimum absolute atomic E-state index is 0.624. The zero-order valence-electron chi connectivity index (χ0n) is 10.2. The third-order valence-corrected chi connectivity index (χ3v) is 2.76. The van der Waals surface area contributed by atoms with E-state index in [4.69, 9.17) is 5.73 Å². The molecule has 2 N–H and O–H groups in total. The van der Waals surface area contributed by atoms with Gasteiger partial charge in [0.2, 0.25) is 0 Å². The quantitative estimate of drug-likeness (QED) is 0.803. The van der Waals surface area contributed by atoms with Gasteiger partial charge in [-0.15, -0.1) is 0 Å². The van der Waals surface area contributed by atoms with Gasteiger partial charge in [0.05, 0.1) is 11.0 Å². The third kappa shape index (κ3) is 1.90. The molecule has 0 radical (unpaired) electrons. The number of anilines is 1. The fourth-order valence-electron chi connectivity index (χ4n) is 2.07. The highest BCUT2D eigenvalue weighted by Crippen LogP contribution is 2.20. The van der Waals surface area contributed by atoms with E-state index in [1.165, 1.54) is 5.52 Å². The first-order valence-electron chi connectivity index (χ1n) is 5.86. The molecule has 1 aromatic heterocycles. The zero-order chi connectivity index (χ0) is 11.7. The van der Waals surface area contributed by atoms with Gasteiger partial charge in [-0.25, -0.2) is 4.98 Å². The Morgan fingerprint density at radius 3 is 2.75 bits per heavy atom. The number of nitrogens with two attached hydrogens (primary N) is 1. The largest absolute Gasteiger partial charge is 0.399 e. The molecule has 0 atom stereocenters. The number of hydrogen-bond donors (Lipinski definition) is 1. The van der Waals surface area contributed by atoms with Gasteiger partial charge in [0.15, 0.2) is 0 Å². The molecule has 0 aliphatic carbocycles. The van der Waals surface area contributed by atoms with Gasteiger partial charge >= 0.3 is 0 Å². The number of benzene rings is 1. The maximum absolute atomic E-state index is 5.78.